The topological polar surface area (TPSA) is 44.9 Å². The minimum absolute atomic E-state index is 0.0369. The van der Waals surface area contributed by atoms with Gasteiger partial charge in [0.2, 0.25) is 5.91 Å². The molecule has 3 nitrogen and oxygen atoms in total. The average Bonchev–Trinajstić information content (AvgIpc) is 3.09. The van der Waals surface area contributed by atoms with Gasteiger partial charge in [-0.1, -0.05) is 61.9 Å². The van der Waals surface area contributed by atoms with Gasteiger partial charge in [0.15, 0.2) is 0 Å². The number of hydrogen-bond acceptors (Lipinski definition) is 1. The number of carbonyl (C=O) groups is 1. The molecular formula is C24H30N2O. The molecule has 2 N–H and O–H groups in total. The van der Waals surface area contributed by atoms with Gasteiger partial charge in [-0.2, -0.15) is 0 Å². The van der Waals surface area contributed by atoms with Crippen LogP contribution >= 0.6 is 0 Å². The number of benzene rings is 2. The lowest BCUT2D eigenvalue weighted by molar-refractivity contribution is -0.121. The molecule has 0 bridgehead atoms. The molecule has 0 aliphatic heterocycles. The number of para-hydroxylation sites is 1. The molecule has 142 valence electrons. The maximum Gasteiger partial charge on any atom is 0.221 e. The van der Waals surface area contributed by atoms with E-state index in [2.05, 4.69) is 86.7 Å². The number of carbonyl (C=O) groups excluding carboxylic acids is 1. The summed E-state index contributed by atoms with van der Waals surface area (Å²) in [5.74, 6) is 0.145. The number of fused-ring (bicyclic) bond motifs is 1. The van der Waals surface area contributed by atoms with Crippen LogP contribution in [-0.4, -0.2) is 16.9 Å². The fraction of sp³-hybridized carbons (Fsp3) is 0.375. The summed E-state index contributed by atoms with van der Waals surface area (Å²) in [7, 11) is 0. The van der Waals surface area contributed by atoms with E-state index in [1.54, 1.807) is 0 Å². The van der Waals surface area contributed by atoms with Crippen molar-refractivity contribution in [2.45, 2.75) is 58.9 Å². The maximum absolute atomic E-state index is 12.7. The fourth-order valence-corrected chi connectivity index (χ4v) is 3.74. The Bertz CT molecular complexity index is 925. The van der Waals surface area contributed by atoms with Crippen LogP contribution in [0.25, 0.3) is 10.9 Å². The summed E-state index contributed by atoms with van der Waals surface area (Å²) in [5.41, 5.74) is 6.11. The molecule has 0 unspecified atom stereocenters. The van der Waals surface area contributed by atoms with E-state index in [1.807, 2.05) is 0 Å². The smallest absolute Gasteiger partial charge is 0.221 e. The zero-order valence-electron chi connectivity index (χ0n) is 16.8. The first kappa shape index (κ1) is 19.2. The molecule has 0 saturated heterocycles. The molecule has 27 heavy (non-hydrogen) atoms. The highest BCUT2D eigenvalue weighted by atomic mass is 16.1. The van der Waals surface area contributed by atoms with Crippen LogP contribution in [0.4, 0.5) is 0 Å². The highest BCUT2D eigenvalue weighted by Crippen LogP contribution is 2.35. The third-order valence-corrected chi connectivity index (χ3v) is 5.44. The molecule has 3 rings (SSSR count). The molecule has 3 heteroatoms. The zero-order chi connectivity index (χ0) is 19.4. The van der Waals surface area contributed by atoms with Crippen LogP contribution in [-0.2, 0) is 11.2 Å². The van der Waals surface area contributed by atoms with E-state index in [0.29, 0.717) is 6.42 Å². The van der Waals surface area contributed by atoms with Gasteiger partial charge in [-0.25, -0.2) is 0 Å². The first-order chi connectivity index (χ1) is 13.0. The van der Waals surface area contributed by atoms with Gasteiger partial charge in [0, 0.05) is 35.5 Å². The molecule has 2 aromatic carbocycles. The summed E-state index contributed by atoms with van der Waals surface area (Å²) in [5, 5.41) is 4.35. The van der Waals surface area contributed by atoms with Crippen LogP contribution in [0.15, 0.2) is 48.7 Å². The fourth-order valence-electron chi connectivity index (χ4n) is 3.74. The summed E-state index contributed by atoms with van der Waals surface area (Å²) in [6.07, 6.45) is 4.47. The normalized spacial score (nSPS) is 13.5. The molecule has 1 heterocycles. The molecule has 1 amide bonds. The van der Waals surface area contributed by atoms with Crippen LogP contribution in [0.2, 0.25) is 0 Å². The Labute approximate surface area is 162 Å². The number of H-pyrrole nitrogens is 1. The van der Waals surface area contributed by atoms with Gasteiger partial charge in [-0.15, -0.1) is 0 Å². The summed E-state index contributed by atoms with van der Waals surface area (Å²) < 4.78 is 0. The van der Waals surface area contributed by atoms with E-state index in [0.717, 1.165) is 12.8 Å². The first-order valence-electron chi connectivity index (χ1n) is 9.98. The Kier molecular flexibility index (Phi) is 6.00. The van der Waals surface area contributed by atoms with E-state index in [1.165, 1.54) is 33.2 Å². The second-order valence-corrected chi connectivity index (χ2v) is 7.48. The van der Waals surface area contributed by atoms with Crippen molar-refractivity contribution in [1.29, 1.82) is 0 Å². The van der Waals surface area contributed by atoms with E-state index < -0.39 is 0 Å². The number of hydrogen-bond donors (Lipinski definition) is 2. The molecule has 1 aromatic heterocycles. The van der Waals surface area contributed by atoms with Crippen molar-refractivity contribution in [3.8, 4) is 0 Å². The van der Waals surface area contributed by atoms with Gasteiger partial charge >= 0.3 is 0 Å². The van der Waals surface area contributed by atoms with Crippen molar-refractivity contribution in [3.05, 3.63) is 70.9 Å². The second-order valence-electron chi connectivity index (χ2n) is 7.48. The first-order valence-corrected chi connectivity index (χ1v) is 9.98. The van der Waals surface area contributed by atoms with Gasteiger partial charge in [-0.05, 0) is 43.4 Å². The number of amides is 1. The number of nitrogens with one attached hydrogen (secondary N) is 2. The number of aryl methyl sites for hydroxylation is 2. The molecular weight excluding hydrogens is 332 g/mol. The summed E-state index contributed by atoms with van der Waals surface area (Å²) in [6.45, 7) is 8.42. The van der Waals surface area contributed by atoms with Crippen LogP contribution in [0, 0.1) is 6.92 Å². The highest BCUT2D eigenvalue weighted by Gasteiger charge is 2.22. The molecule has 0 aliphatic carbocycles. The molecule has 3 aromatic rings. The standard InChI is InChI=1S/C24H30N2O/c1-5-17(4)26-23(27)14-21(19-11-7-9-16(3)13-19)22-15-25-24-18(6-2)10-8-12-20(22)24/h7-13,15,17,21,25H,5-6,14H2,1-4H3,(H,26,27)/t17-,21+/m1/s1. The van der Waals surface area contributed by atoms with Crippen molar-refractivity contribution < 1.29 is 4.79 Å². The monoisotopic (exact) mass is 362 g/mol. The van der Waals surface area contributed by atoms with Crippen molar-refractivity contribution in [2.24, 2.45) is 0 Å². The molecule has 0 saturated carbocycles. The summed E-state index contributed by atoms with van der Waals surface area (Å²) >= 11 is 0. The van der Waals surface area contributed by atoms with Crippen molar-refractivity contribution >= 4 is 16.8 Å². The molecule has 0 aliphatic rings. The average molecular weight is 363 g/mol. The Morgan fingerprint density at radius 3 is 2.63 bits per heavy atom. The van der Waals surface area contributed by atoms with E-state index in [9.17, 15) is 4.79 Å². The van der Waals surface area contributed by atoms with Crippen LogP contribution < -0.4 is 5.32 Å². The lowest BCUT2D eigenvalue weighted by Gasteiger charge is -2.19. The maximum atomic E-state index is 12.7. The third kappa shape index (κ3) is 4.24. The third-order valence-electron chi connectivity index (χ3n) is 5.44. The molecule has 0 spiro atoms. The van der Waals surface area contributed by atoms with Gasteiger partial charge in [0.25, 0.3) is 0 Å². The predicted molar refractivity (Wildman–Crippen MR) is 113 cm³/mol. The van der Waals surface area contributed by atoms with Gasteiger partial charge in [-0.3, -0.25) is 4.79 Å². The van der Waals surface area contributed by atoms with Crippen LogP contribution in [0.1, 0.15) is 61.8 Å². The lowest BCUT2D eigenvalue weighted by atomic mass is 9.87. The number of aromatic amines is 1. The van der Waals surface area contributed by atoms with Crippen molar-refractivity contribution in [2.75, 3.05) is 0 Å². The number of rotatable bonds is 7. The summed E-state index contributed by atoms with van der Waals surface area (Å²) in [6, 6.07) is 15.2. The predicted octanol–water partition coefficient (Wildman–Crippen LogP) is 5.48. The van der Waals surface area contributed by atoms with Gasteiger partial charge < -0.3 is 10.3 Å². The lowest BCUT2D eigenvalue weighted by Crippen LogP contribution is -2.33. The van der Waals surface area contributed by atoms with Gasteiger partial charge in [0.05, 0.1) is 0 Å². The zero-order valence-corrected chi connectivity index (χ0v) is 16.8. The summed E-state index contributed by atoms with van der Waals surface area (Å²) in [4.78, 5) is 16.2. The largest absolute Gasteiger partial charge is 0.361 e. The van der Waals surface area contributed by atoms with Gasteiger partial charge in [0.1, 0.15) is 0 Å². The quantitative estimate of drug-likeness (QED) is 0.575. The Balaban J connectivity index is 2.03. The Morgan fingerprint density at radius 1 is 1.15 bits per heavy atom. The van der Waals surface area contributed by atoms with Crippen molar-refractivity contribution in [1.82, 2.24) is 10.3 Å². The second kappa shape index (κ2) is 8.43. The van der Waals surface area contributed by atoms with Crippen LogP contribution in [0.5, 0.6) is 0 Å². The van der Waals surface area contributed by atoms with Crippen molar-refractivity contribution in [3.63, 3.8) is 0 Å². The Hall–Kier alpha value is -2.55. The molecule has 2 atom stereocenters. The van der Waals surface area contributed by atoms with E-state index in [4.69, 9.17) is 0 Å². The Morgan fingerprint density at radius 2 is 1.93 bits per heavy atom. The van der Waals surface area contributed by atoms with Crippen LogP contribution in [0.3, 0.4) is 0 Å². The minimum Gasteiger partial charge on any atom is -0.361 e. The molecule has 0 radical (unpaired) electrons. The van der Waals surface area contributed by atoms with E-state index >= 15 is 0 Å². The van der Waals surface area contributed by atoms with E-state index in [-0.39, 0.29) is 17.9 Å². The molecule has 0 fully saturated rings. The number of aromatic nitrogens is 1. The SMILES string of the molecule is CCc1cccc2c([C@@H](CC(=O)N[C@H](C)CC)c3cccc(C)c3)c[nH]c12. The minimum atomic E-state index is 0.0369. The highest BCUT2D eigenvalue weighted by molar-refractivity contribution is 5.88.